The van der Waals surface area contributed by atoms with E-state index >= 15 is 0 Å². The first-order valence-electron chi connectivity index (χ1n) is 7.46. The van der Waals surface area contributed by atoms with Crippen molar-refractivity contribution in [2.75, 3.05) is 43.4 Å². The van der Waals surface area contributed by atoms with E-state index in [1.807, 2.05) is 24.3 Å². The summed E-state index contributed by atoms with van der Waals surface area (Å²) in [6.45, 7) is 4.16. The van der Waals surface area contributed by atoms with Gasteiger partial charge in [0.1, 0.15) is 0 Å². The van der Waals surface area contributed by atoms with Gasteiger partial charge in [-0.25, -0.2) is 0 Å². The molecule has 1 aliphatic heterocycles. The Hall–Kier alpha value is -2.18. The summed E-state index contributed by atoms with van der Waals surface area (Å²) in [4.78, 5) is 16.7. The van der Waals surface area contributed by atoms with Crippen molar-refractivity contribution in [3.05, 3.63) is 47.2 Å². The fourth-order valence-electron chi connectivity index (χ4n) is 2.45. The van der Waals surface area contributed by atoms with Crippen LogP contribution in [0.3, 0.4) is 0 Å². The molecule has 120 valence electrons. The second kappa shape index (κ2) is 6.93. The highest BCUT2D eigenvalue weighted by molar-refractivity contribution is 6.29. The molecule has 23 heavy (non-hydrogen) atoms. The number of likely N-dealkylation sites (N-methyl/N-ethyl adjacent to an activating group) is 1. The lowest BCUT2D eigenvalue weighted by Crippen LogP contribution is -2.44. The molecule has 0 saturated carbocycles. The fourth-order valence-corrected chi connectivity index (χ4v) is 2.55. The van der Waals surface area contributed by atoms with Crippen molar-refractivity contribution < 1.29 is 4.79 Å². The summed E-state index contributed by atoms with van der Waals surface area (Å²) in [5.41, 5.74) is 2.13. The first-order valence-corrected chi connectivity index (χ1v) is 7.84. The first kappa shape index (κ1) is 15.7. The van der Waals surface area contributed by atoms with Crippen LogP contribution in [0.5, 0.6) is 0 Å². The Morgan fingerprint density at radius 3 is 2.35 bits per heavy atom. The minimum atomic E-state index is -0.304. The minimum Gasteiger partial charge on any atom is -0.369 e. The topological polar surface area (TPSA) is 61.4 Å². The van der Waals surface area contributed by atoms with Crippen molar-refractivity contribution in [1.82, 2.24) is 15.1 Å². The third-order valence-electron chi connectivity index (χ3n) is 3.86. The number of hydrogen-bond donors (Lipinski definition) is 1. The molecule has 1 aromatic carbocycles. The number of nitrogens with zero attached hydrogens (tertiary/aromatic N) is 4. The number of nitrogens with one attached hydrogen (secondary N) is 1. The molecule has 0 bridgehead atoms. The van der Waals surface area contributed by atoms with Gasteiger partial charge in [0.2, 0.25) is 0 Å². The number of rotatable bonds is 3. The number of anilines is 2. The highest BCUT2D eigenvalue weighted by atomic mass is 35.5. The second-order valence-corrected chi connectivity index (χ2v) is 5.92. The summed E-state index contributed by atoms with van der Waals surface area (Å²) < 4.78 is 0. The smallest absolute Gasteiger partial charge is 0.276 e. The minimum absolute atomic E-state index is 0.234. The molecule has 7 heteroatoms. The summed E-state index contributed by atoms with van der Waals surface area (Å²) in [6.07, 6.45) is 0. The number of carbonyl (C=O) groups is 1. The molecular formula is C16H18ClN5O. The molecule has 2 heterocycles. The predicted octanol–water partition coefficient (Wildman–Crippen LogP) is 2.13. The summed E-state index contributed by atoms with van der Waals surface area (Å²) in [6, 6.07) is 10.9. The fraction of sp³-hybridized carbons (Fsp3) is 0.312. The maximum Gasteiger partial charge on any atom is 0.276 e. The Bertz CT molecular complexity index is 666. The van der Waals surface area contributed by atoms with Gasteiger partial charge in [0, 0.05) is 37.6 Å². The van der Waals surface area contributed by atoms with Gasteiger partial charge in [-0.15, -0.1) is 10.2 Å². The van der Waals surface area contributed by atoms with Crippen LogP contribution in [0.2, 0.25) is 5.15 Å². The molecule has 1 aromatic heterocycles. The largest absolute Gasteiger partial charge is 0.369 e. The summed E-state index contributed by atoms with van der Waals surface area (Å²) >= 11 is 5.66. The third-order valence-corrected chi connectivity index (χ3v) is 4.06. The Kier molecular flexibility index (Phi) is 4.73. The van der Waals surface area contributed by atoms with Crippen molar-refractivity contribution in [2.45, 2.75) is 0 Å². The molecule has 0 radical (unpaired) electrons. The first-order chi connectivity index (χ1) is 11.1. The molecule has 1 fully saturated rings. The molecular weight excluding hydrogens is 314 g/mol. The van der Waals surface area contributed by atoms with Crippen molar-refractivity contribution in [3.8, 4) is 0 Å². The molecule has 0 aliphatic carbocycles. The van der Waals surface area contributed by atoms with Crippen LogP contribution in [0.15, 0.2) is 36.4 Å². The maximum atomic E-state index is 12.1. The van der Waals surface area contributed by atoms with Crippen molar-refractivity contribution in [1.29, 1.82) is 0 Å². The number of hydrogen-bond acceptors (Lipinski definition) is 5. The van der Waals surface area contributed by atoms with Gasteiger partial charge in [-0.3, -0.25) is 4.79 Å². The van der Waals surface area contributed by atoms with Crippen molar-refractivity contribution >= 4 is 28.9 Å². The quantitative estimate of drug-likeness (QED) is 0.933. The van der Waals surface area contributed by atoms with Crippen LogP contribution in [0.25, 0.3) is 0 Å². The lowest BCUT2D eigenvalue weighted by atomic mass is 10.2. The highest BCUT2D eigenvalue weighted by Crippen LogP contribution is 2.19. The molecule has 6 nitrogen and oxygen atoms in total. The summed E-state index contributed by atoms with van der Waals surface area (Å²) in [5, 5.41) is 10.5. The highest BCUT2D eigenvalue weighted by Gasteiger charge is 2.14. The van der Waals surface area contributed by atoms with Crippen LogP contribution in [0.1, 0.15) is 10.5 Å². The lowest BCUT2D eigenvalue weighted by molar-refractivity contribution is 0.102. The van der Waals surface area contributed by atoms with Crippen LogP contribution in [-0.2, 0) is 0 Å². The Balaban J connectivity index is 1.63. The molecule has 1 amide bonds. The Labute approximate surface area is 140 Å². The zero-order valence-electron chi connectivity index (χ0n) is 12.9. The van der Waals surface area contributed by atoms with E-state index in [2.05, 4.69) is 32.4 Å². The molecule has 0 spiro atoms. The van der Waals surface area contributed by atoms with Gasteiger partial charge in [0.25, 0.3) is 5.91 Å². The molecule has 1 aliphatic rings. The number of piperazine rings is 1. The SMILES string of the molecule is CN1CCN(c2ccc(NC(=O)c3ccc(Cl)nn3)cc2)CC1. The molecule has 3 rings (SSSR count). The van der Waals surface area contributed by atoms with Crippen LogP contribution in [0.4, 0.5) is 11.4 Å². The van der Waals surface area contributed by atoms with Crippen LogP contribution >= 0.6 is 11.6 Å². The maximum absolute atomic E-state index is 12.1. The van der Waals surface area contributed by atoms with Gasteiger partial charge in [-0.05, 0) is 43.4 Å². The number of carbonyl (C=O) groups excluding carboxylic acids is 1. The average molecular weight is 332 g/mol. The van der Waals surface area contributed by atoms with Gasteiger partial charge >= 0.3 is 0 Å². The normalized spacial score (nSPS) is 15.5. The number of benzene rings is 1. The van der Waals surface area contributed by atoms with Crippen molar-refractivity contribution in [2.24, 2.45) is 0 Å². The standard InChI is InChI=1S/C16H18ClN5O/c1-21-8-10-22(11-9-21)13-4-2-12(3-5-13)18-16(23)14-6-7-15(17)20-19-14/h2-7H,8-11H2,1H3,(H,18,23). The van der Waals surface area contributed by atoms with Gasteiger partial charge in [0.05, 0.1) is 0 Å². The monoisotopic (exact) mass is 331 g/mol. The Morgan fingerprint density at radius 1 is 1.04 bits per heavy atom. The van der Waals surface area contributed by atoms with E-state index in [9.17, 15) is 4.79 Å². The zero-order valence-corrected chi connectivity index (χ0v) is 13.6. The van der Waals surface area contributed by atoms with E-state index in [0.717, 1.165) is 31.9 Å². The number of aromatic nitrogens is 2. The third kappa shape index (κ3) is 3.97. The van der Waals surface area contributed by atoms with E-state index in [4.69, 9.17) is 11.6 Å². The molecule has 1 saturated heterocycles. The van der Waals surface area contributed by atoms with Gasteiger partial charge in [-0.1, -0.05) is 11.6 Å². The molecule has 0 unspecified atom stereocenters. The van der Waals surface area contributed by atoms with Crippen LogP contribution in [-0.4, -0.2) is 54.2 Å². The summed E-state index contributed by atoms with van der Waals surface area (Å²) in [7, 11) is 2.13. The van der Waals surface area contributed by atoms with E-state index < -0.39 is 0 Å². The molecule has 0 atom stereocenters. The number of halogens is 1. The molecule has 2 aromatic rings. The second-order valence-electron chi connectivity index (χ2n) is 5.53. The van der Waals surface area contributed by atoms with E-state index in [1.54, 1.807) is 12.1 Å². The van der Waals surface area contributed by atoms with E-state index in [1.165, 1.54) is 5.69 Å². The van der Waals surface area contributed by atoms with Crippen LogP contribution in [0, 0.1) is 0 Å². The molecule has 1 N–H and O–H groups in total. The van der Waals surface area contributed by atoms with E-state index in [0.29, 0.717) is 0 Å². The van der Waals surface area contributed by atoms with Gasteiger partial charge in [-0.2, -0.15) is 0 Å². The van der Waals surface area contributed by atoms with Crippen molar-refractivity contribution in [3.63, 3.8) is 0 Å². The number of amides is 1. The van der Waals surface area contributed by atoms with E-state index in [-0.39, 0.29) is 16.8 Å². The van der Waals surface area contributed by atoms with Crippen LogP contribution < -0.4 is 10.2 Å². The average Bonchev–Trinajstić information content (AvgIpc) is 2.57. The Morgan fingerprint density at radius 2 is 1.74 bits per heavy atom. The predicted molar refractivity (Wildman–Crippen MR) is 91.1 cm³/mol. The zero-order chi connectivity index (χ0) is 16.2. The van der Waals surface area contributed by atoms with Gasteiger partial charge in [0.15, 0.2) is 10.8 Å². The lowest BCUT2D eigenvalue weighted by Gasteiger charge is -2.34. The summed E-state index contributed by atoms with van der Waals surface area (Å²) in [5.74, 6) is -0.304. The van der Waals surface area contributed by atoms with Gasteiger partial charge < -0.3 is 15.1 Å².